The molecule has 0 aliphatic carbocycles. The first-order valence-electron chi connectivity index (χ1n) is 22.7. The average Bonchev–Trinajstić information content (AvgIpc) is 4.28. The fourth-order valence-electron chi connectivity index (χ4n) is 9.98. The first-order valence-corrected chi connectivity index (χ1v) is 23.5. The Morgan fingerprint density at radius 1 is 0.324 bits per heavy atom. The van der Waals surface area contributed by atoms with Crippen molar-refractivity contribution in [2.45, 2.75) is 14.9 Å². The molecule has 71 heavy (non-hydrogen) atoms. The number of rotatable bonds is 4. The Morgan fingerprint density at radius 3 is 1.35 bits per heavy atom. The molecule has 10 nitrogen and oxygen atoms in total. The molecule has 0 bridgehead atoms. The van der Waals surface area contributed by atoms with Gasteiger partial charge >= 0.3 is 12.0 Å². The monoisotopic (exact) mass is 938 g/mol. The Morgan fingerprint density at radius 2 is 0.775 bits per heavy atom. The molecule has 0 aliphatic heterocycles. The molecule has 0 saturated carbocycles. The van der Waals surface area contributed by atoms with Crippen molar-refractivity contribution < 1.29 is 8.83 Å². The van der Waals surface area contributed by atoms with Gasteiger partial charge in [-0.2, -0.15) is 9.97 Å². The summed E-state index contributed by atoms with van der Waals surface area (Å²) in [5, 5.41) is 2.60. The molecule has 0 radical (unpaired) electrons. The summed E-state index contributed by atoms with van der Waals surface area (Å²) in [6, 6.07) is 72.0. The Hall–Kier alpha value is -9.32. The van der Waals surface area contributed by atoms with E-state index in [4.69, 9.17) is 28.8 Å². The van der Waals surface area contributed by atoms with Gasteiger partial charge < -0.3 is 8.83 Å². The number of fused-ring (bicyclic) bond motifs is 15. The smallest absolute Gasteiger partial charge is 0.310 e. The van der Waals surface area contributed by atoms with Crippen LogP contribution < -0.4 is 0 Å². The quantitative estimate of drug-likeness (QED) is 0.174. The van der Waals surface area contributed by atoms with E-state index in [1.165, 1.54) is 31.3 Å². The van der Waals surface area contributed by atoms with E-state index in [9.17, 15) is 0 Å². The molecule has 0 atom stereocenters. The van der Waals surface area contributed by atoms with E-state index in [-0.39, 0.29) is 14.9 Å². The van der Waals surface area contributed by atoms with E-state index in [1.807, 2.05) is 105 Å². The van der Waals surface area contributed by atoms with Crippen LogP contribution in [0.2, 0.25) is 0 Å². The Kier molecular flexibility index (Phi) is 9.52. The molecule has 0 aliphatic rings. The van der Waals surface area contributed by atoms with Crippen LogP contribution in [0.5, 0.6) is 0 Å². The van der Waals surface area contributed by atoms with Gasteiger partial charge in [0.25, 0.3) is 0 Å². The van der Waals surface area contributed by atoms with Gasteiger partial charge in [-0.05, 0) is 113 Å². The fourth-order valence-corrected chi connectivity index (χ4v) is 11.1. The molecule has 0 spiro atoms. The lowest BCUT2D eigenvalue weighted by Crippen LogP contribution is -1.95. The maximum atomic E-state index is 6.22. The Bertz CT molecular complexity index is 4630. The van der Waals surface area contributed by atoms with Gasteiger partial charge in [0, 0.05) is 20.2 Å². The van der Waals surface area contributed by atoms with Gasteiger partial charge in [0.1, 0.15) is 11.0 Å². The van der Waals surface area contributed by atoms with Gasteiger partial charge in [0.05, 0.1) is 44.1 Å². The van der Waals surface area contributed by atoms with Crippen molar-refractivity contribution in [3.05, 3.63) is 206 Å². The van der Waals surface area contributed by atoms with Crippen LogP contribution in [-0.2, 0) is 0 Å². The Balaban J connectivity index is 0.000000137. The van der Waals surface area contributed by atoms with Crippen molar-refractivity contribution in [2.24, 2.45) is 0 Å². The standard InChI is InChI=1S/C32H18N4OS.C26H16N4O.2CH4/c1-6-12-29-21(7-1)22-17-19(14-16-30(22)38-29)20-13-15-26-27(18-20)35-25-10-4-2-8-23(25)33-31(35)36(26)32-34-24-9-3-5-11-28(24)37-32;1-2-8-17(9-3-1)18-14-15-22-23(16-18)29-21-12-6-4-10-19(21)27-25(29)30(22)26-28-20-11-5-7-13-24(20)31-26;;/h1-18H;1-16H;2*1H4. The molecular weight excluding hydrogens is 897 g/mol. The normalized spacial score (nSPS) is 11.7. The molecule has 11 heteroatoms. The van der Waals surface area contributed by atoms with Crippen molar-refractivity contribution in [1.29, 1.82) is 0 Å². The maximum absolute atomic E-state index is 6.22. The minimum atomic E-state index is 0. The summed E-state index contributed by atoms with van der Waals surface area (Å²) in [6.07, 6.45) is 0. The van der Waals surface area contributed by atoms with Crippen LogP contribution in [0.3, 0.4) is 0 Å². The summed E-state index contributed by atoms with van der Waals surface area (Å²) in [5.41, 5.74) is 16.0. The molecule has 0 saturated heterocycles. The van der Waals surface area contributed by atoms with E-state index in [0.717, 1.165) is 89.0 Å². The van der Waals surface area contributed by atoms with Crippen LogP contribution in [0.15, 0.2) is 215 Å². The van der Waals surface area contributed by atoms with Crippen LogP contribution in [0.1, 0.15) is 14.9 Å². The fraction of sp³-hybridized carbons (Fsp3) is 0.0333. The predicted molar refractivity (Wildman–Crippen MR) is 291 cm³/mol. The number of aromatic nitrogens is 8. The molecule has 0 N–H and O–H groups in total. The number of thiophene rings is 1. The molecule has 7 heterocycles. The number of imidazole rings is 4. The molecule has 16 aromatic rings. The Labute approximate surface area is 409 Å². The van der Waals surface area contributed by atoms with E-state index in [2.05, 4.69) is 130 Å². The molecular formula is C60H42N8O2S. The minimum absolute atomic E-state index is 0. The third-order valence-electron chi connectivity index (χ3n) is 13.2. The average molecular weight is 939 g/mol. The topological polar surface area (TPSA) is 96.5 Å². The predicted octanol–water partition coefficient (Wildman–Crippen LogP) is 16.1. The number of hydrogen-bond donors (Lipinski definition) is 0. The highest BCUT2D eigenvalue weighted by atomic mass is 32.1. The highest BCUT2D eigenvalue weighted by Crippen LogP contribution is 2.39. The summed E-state index contributed by atoms with van der Waals surface area (Å²) in [5.74, 6) is 1.57. The molecule has 16 rings (SSSR count). The third-order valence-corrected chi connectivity index (χ3v) is 14.3. The van der Waals surface area contributed by atoms with Crippen LogP contribution in [0, 0.1) is 0 Å². The van der Waals surface area contributed by atoms with Crippen molar-refractivity contribution in [1.82, 2.24) is 37.9 Å². The second kappa shape index (κ2) is 16.2. The molecule has 0 unspecified atom stereocenters. The summed E-state index contributed by atoms with van der Waals surface area (Å²) in [7, 11) is 0. The van der Waals surface area contributed by atoms with Gasteiger partial charge in [-0.25, -0.2) is 19.1 Å². The van der Waals surface area contributed by atoms with E-state index >= 15 is 0 Å². The second-order valence-electron chi connectivity index (χ2n) is 17.2. The van der Waals surface area contributed by atoms with Gasteiger partial charge in [0.15, 0.2) is 11.2 Å². The highest BCUT2D eigenvalue weighted by molar-refractivity contribution is 7.25. The zero-order valence-electron chi connectivity index (χ0n) is 36.4. The second-order valence-corrected chi connectivity index (χ2v) is 18.2. The van der Waals surface area contributed by atoms with Gasteiger partial charge in [-0.1, -0.05) is 130 Å². The van der Waals surface area contributed by atoms with E-state index in [1.54, 1.807) is 0 Å². The van der Waals surface area contributed by atoms with Gasteiger partial charge in [0.2, 0.25) is 11.6 Å². The SMILES string of the molecule is C.C.c1ccc(-c2ccc3c(c2)n2c4ccccc4nc2n3-c2nc3ccccc3o2)cc1.c1ccc2oc(-n3c4ccc(-c5ccc6sc7ccccc7c6c5)cc4n4c5ccccc5nc34)nc2c1. The van der Waals surface area contributed by atoms with Gasteiger partial charge in [-0.15, -0.1) is 11.3 Å². The van der Waals surface area contributed by atoms with Crippen molar-refractivity contribution in [2.75, 3.05) is 0 Å². The molecule has 9 aromatic carbocycles. The summed E-state index contributed by atoms with van der Waals surface area (Å²) < 4.78 is 23.4. The first kappa shape index (κ1) is 41.8. The number of para-hydroxylation sites is 8. The number of hydrogen-bond acceptors (Lipinski definition) is 7. The largest absolute Gasteiger partial charge is 0.423 e. The van der Waals surface area contributed by atoms with E-state index in [0.29, 0.717) is 12.0 Å². The summed E-state index contributed by atoms with van der Waals surface area (Å²) in [6.45, 7) is 0. The third kappa shape index (κ3) is 6.40. The van der Waals surface area contributed by atoms with Crippen LogP contribution >= 0.6 is 11.3 Å². The number of benzene rings is 9. The molecule has 0 fully saturated rings. The molecule has 7 aromatic heterocycles. The minimum Gasteiger partial charge on any atom is -0.423 e. The van der Waals surface area contributed by atoms with Crippen LogP contribution in [0.25, 0.3) is 132 Å². The zero-order chi connectivity index (χ0) is 45.2. The highest BCUT2D eigenvalue weighted by Gasteiger charge is 2.23. The lowest BCUT2D eigenvalue weighted by Gasteiger charge is -2.05. The van der Waals surface area contributed by atoms with Crippen molar-refractivity contribution in [3.8, 4) is 34.3 Å². The van der Waals surface area contributed by atoms with Crippen molar-refractivity contribution >= 4 is 109 Å². The molecule has 0 amide bonds. The number of oxazole rings is 2. The van der Waals surface area contributed by atoms with E-state index < -0.39 is 0 Å². The zero-order valence-corrected chi connectivity index (χ0v) is 37.2. The summed E-state index contributed by atoms with van der Waals surface area (Å²) >= 11 is 1.84. The van der Waals surface area contributed by atoms with Crippen molar-refractivity contribution in [3.63, 3.8) is 0 Å². The molecule has 340 valence electrons. The van der Waals surface area contributed by atoms with Crippen LogP contribution in [0.4, 0.5) is 0 Å². The number of nitrogens with zero attached hydrogens (tertiary/aromatic N) is 8. The lowest BCUT2D eigenvalue weighted by molar-refractivity contribution is 0.572. The first-order chi connectivity index (χ1) is 34.2. The lowest BCUT2D eigenvalue weighted by atomic mass is 10.0. The summed E-state index contributed by atoms with van der Waals surface area (Å²) in [4.78, 5) is 19.5. The van der Waals surface area contributed by atoms with Crippen LogP contribution in [-0.4, -0.2) is 37.9 Å². The van der Waals surface area contributed by atoms with Gasteiger partial charge in [-0.3, -0.25) is 8.80 Å². The maximum Gasteiger partial charge on any atom is 0.310 e.